The van der Waals surface area contributed by atoms with Crippen LogP contribution in [-0.4, -0.2) is 18.9 Å². The van der Waals surface area contributed by atoms with E-state index in [1.165, 1.54) is 25.2 Å². The molecule has 17 heavy (non-hydrogen) atoms. The van der Waals surface area contributed by atoms with Gasteiger partial charge >= 0.3 is 0 Å². The van der Waals surface area contributed by atoms with Gasteiger partial charge in [-0.1, -0.05) is 18.2 Å². The van der Waals surface area contributed by atoms with Gasteiger partial charge in [-0.3, -0.25) is 15.1 Å². The number of amides is 1. The van der Waals surface area contributed by atoms with Crippen molar-refractivity contribution in [2.45, 2.75) is 12.5 Å². The molecule has 0 saturated carbocycles. The molecule has 1 aliphatic heterocycles. The minimum absolute atomic E-state index is 0.0982. The molecule has 1 unspecified atom stereocenters. The van der Waals surface area contributed by atoms with Crippen molar-refractivity contribution in [2.24, 2.45) is 4.99 Å². The summed E-state index contributed by atoms with van der Waals surface area (Å²) in [6, 6.07) is 5.12. The van der Waals surface area contributed by atoms with Crippen LogP contribution in [0.5, 0.6) is 0 Å². The zero-order valence-corrected chi connectivity index (χ0v) is 9.08. The van der Waals surface area contributed by atoms with Gasteiger partial charge in [-0.2, -0.15) is 0 Å². The Kier molecular flexibility index (Phi) is 3.03. The van der Waals surface area contributed by atoms with Gasteiger partial charge in [-0.15, -0.1) is 0 Å². The summed E-state index contributed by atoms with van der Waals surface area (Å²) in [5.74, 6) is 0.0551. The summed E-state index contributed by atoms with van der Waals surface area (Å²) in [5.41, 5.74) is 0.401. The smallest absolute Gasteiger partial charge is 0.263 e. The molecule has 1 aliphatic rings. The number of hydrogen-bond acceptors (Lipinski definition) is 2. The lowest BCUT2D eigenvalue weighted by atomic mass is 10.0. The van der Waals surface area contributed by atoms with E-state index in [1.807, 2.05) is 0 Å². The van der Waals surface area contributed by atoms with Crippen molar-refractivity contribution in [3.05, 3.63) is 35.4 Å². The van der Waals surface area contributed by atoms with E-state index in [2.05, 4.69) is 15.6 Å². The molecule has 0 spiro atoms. The third-order valence-electron chi connectivity index (χ3n) is 2.50. The first-order valence-electron chi connectivity index (χ1n) is 5.04. The van der Waals surface area contributed by atoms with Crippen LogP contribution in [0, 0.1) is 0 Å². The topological polar surface area (TPSA) is 53.5 Å². The fourth-order valence-corrected chi connectivity index (χ4v) is 1.66. The van der Waals surface area contributed by atoms with Crippen LogP contribution in [0.25, 0.3) is 0 Å². The molecule has 4 nitrogen and oxygen atoms in total. The highest BCUT2D eigenvalue weighted by molar-refractivity contribution is 6.06. The standard InChI is InChI=1S/C11H11F2N3O/c1-14-11-15-8(10(17)16-11)6-3-2-4-7(5-6)9(12)13/h2-5,8-9H,1H3,(H2,14,15,16,17). The summed E-state index contributed by atoms with van der Waals surface area (Å²) in [6.07, 6.45) is -2.54. The van der Waals surface area contributed by atoms with Crippen molar-refractivity contribution in [2.75, 3.05) is 7.05 Å². The lowest BCUT2D eigenvalue weighted by molar-refractivity contribution is -0.120. The Hall–Kier alpha value is -1.98. The highest BCUT2D eigenvalue weighted by atomic mass is 19.3. The minimum Gasteiger partial charge on any atom is -0.340 e. The summed E-state index contributed by atoms with van der Waals surface area (Å²) in [7, 11) is 1.53. The van der Waals surface area contributed by atoms with Gasteiger partial charge in [-0.05, 0) is 11.6 Å². The number of nitrogens with one attached hydrogen (secondary N) is 2. The Labute approximate surface area is 96.7 Å². The quantitative estimate of drug-likeness (QED) is 0.819. The Morgan fingerprint density at radius 1 is 1.41 bits per heavy atom. The van der Waals surface area contributed by atoms with Crippen molar-refractivity contribution in [1.82, 2.24) is 10.6 Å². The third kappa shape index (κ3) is 2.25. The molecule has 0 aromatic heterocycles. The van der Waals surface area contributed by atoms with Gasteiger partial charge in [0.25, 0.3) is 12.3 Å². The Morgan fingerprint density at radius 3 is 2.76 bits per heavy atom. The number of aliphatic imine (C=N–C) groups is 1. The number of halogens is 2. The van der Waals surface area contributed by atoms with Crippen molar-refractivity contribution in [1.29, 1.82) is 0 Å². The first-order chi connectivity index (χ1) is 8.11. The maximum atomic E-state index is 12.5. The van der Waals surface area contributed by atoms with Crippen LogP contribution in [0.1, 0.15) is 23.6 Å². The van der Waals surface area contributed by atoms with E-state index >= 15 is 0 Å². The van der Waals surface area contributed by atoms with Crippen LogP contribution in [0.15, 0.2) is 29.3 Å². The SMILES string of the molecule is CN=C1NC(=O)C(c2cccc(C(F)F)c2)N1. The fraction of sp³-hybridized carbons (Fsp3) is 0.273. The van der Waals surface area contributed by atoms with Gasteiger partial charge < -0.3 is 5.32 Å². The average Bonchev–Trinajstić information content (AvgIpc) is 2.71. The number of carbonyl (C=O) groups excluding carboxylic acids is 1. The number of carbonyl (C=O) groups is 1. The van der Waals surface area contributed by atoms with Crippen LogP contribution < -0.4 is 10.6 Å². The van der Waals surface area contributed by atoms with Gasteiger partial charge in [0.15, 0.2) is 5.96 Å². The molecule has 1 atom stereocenters. The van der Waals surface area contributed by atoms with Crippen LogP contribution in [-0.2, 0) is 4.79 Å². The number of rotatable bonds is 2. The van der Waals surface area contributed by atoms with E-state index in [1.54, 1.807) is 6.07 Å². The van der Waals surface area contributed by atoms with Crippen molar-refractivity contribution >= 4 is 11.9 Å². The van der Waals surface area contributed by atoms with Gasteiger partial charge in [0.05, 0.1) is 0 Å². The molecular weight excluding hydrogens is 228 g/mol. The first-order valence-corrected chi connectivity index (χ1v) is 5.04. The van der Waals surface area contributed by atoms with Crippen LogP contribution >= 0.6 is 0 Å². The summed E-state index contributed by atoms with van der Waals surface area (Å²) in [6.45, 7) is 0. The van der Waals surface area contributed by atoms with E-state index in [9.17, 15) is 13.6 Å². The number of alkyl halides is 2. The lowest BCUT2D eigenvalue weighted by Gasteiger charge is -2.09. The molecule has 2 N–H and O–H groups in total. The number of guanidine groups is 1. The Balaban J connectivity index is 2.29. The van der Waals surface area contributed by atoms with Crippen molar-refractivity contribution in [3.8, 4) is 0 Å². The molecule has 6 heteroatoms. The van der Waals surface area contributed by atoms with E-state index in [-0.39, 0.29) is 11.5 Å². The second-order valence-corrected chi connectivity index (χ2v) is 3.61. The zero-order chi connectivity index (χ0) is 12.4. The van der Waals surface area contributed by atoms with Gasteiger partial charge in [0, 0.05) is 12.6 Å². The predicted molar refractivity (Wildman–Crippen MR) is 58.8 cm³/mol. The number of benzene rings is 1. The molecule has 1 heterocycles. The first kappa shape index (κ1) is 11.5. The molecule has 1 aromatic carbocycles. The maximum Gasteiger partial charge on any atom is 0.263 e. The second-order valence-electron chi connectivity index (χ2n) is 3.61. The van der Waals surface area contributed by atoms with Crippen molar-refractivity contribution in [3.63, 3.8) is 0 Å². The van der Waals surface area contributed by atoms with Crippen LogP contribution in [0.4, 0.5) is 8.78 Å². The lowest BCUT2D eigenvalue weighted by Crippen LogP contribution is -2.24. The van der Waals surface area contributed by atoms with Crippen molar-refractivity contribution < 1.29 is 13.6 Å². The third-order valence-corrected chi connectivity index (χ3v) is 2.50. The molecule has 1 saturated heterocycles. The van der Waals surface area contributed by atoms with E-state index in [0.717, 1.165) is 0 Å². The van der Waals surface area contributed by atoms with E-state index in [4.69, 9.17) is 0 Å². The van der Waals surface area contributed by atoms with Gasteiger partial charge in [-0.25, -0.2) is 8.78 Å². The molecule has 0 aliphatic carbocycles. The summed E-state index contributed by atoms with van der Waals surface area (Å²) >= 11 is 0. The highest BCUT2D eigenvalue weighted by Gasteiger charge is 2.29. The summed E-state index contributed by atoms with van der Waals surface area (Å²) in [5, 5.41) is 5.33. The van der Waals surface area contributed by atoms with Gasteiger partial charge in [0.1, 0.15) is 6.04 Å². The minimum atomic E-state index is -2.54. The van der Waals surface area contributed by atoms with Crippen LogP contribution in [0.3, 0.4) is 0 Å². The largest absolute Gasteiger partial charge is 0.340 e. The molecule has 0 radical (unpaired) electrons. The fourth-order valence-electron chi connectivity index (χ4n) is 1.66. The second kappa shape index (κ2) is 4.48. The summed E-state index contributed by atoms with van der Waals surface area (Å²) in [4.78, 5) is 15.4. The predicted octanol–water partition coefficient (Wildman–Crippen LogP) is 1.37. The molecule has 1 fully saturated rings. The van der Waals surface area contributed by atoms with E-state index < -0.39 is 12.5 Å². The molecular formula is C11H11F2N3O. The zero-order valence-electron chi connectivity index (χ0n) is 9.08. The Morgan fingerprint density at radius 2 is 2.18 bits per heavy atom. The molecule has 1 aromatic rings. The Bertz CT molecular complexity index is 474. The molecule has 2 rings (SSSR count). The number of hydrogen-bond donors (Lipinski definition) is 2. The average molecular weight is 239 g/mol. The maximum absolute atomic E-state index is 12.5. The number of nitrogens with zero attached hydrogens (tertiary/aromatic N) is 1. The van der Waals surface area contributed by atoms with Crippen LogP contribution in [0.2, 0.25) is 0 Å². The monoisotopic (exact) mass is 239 g/mol. The molecule has 0 bridgehead atoms. The normalized spacial score (nSPS) is 21.8. The molecule has 90 valence electrons. The highest BCUT2D eigenvalue weighted by Crippen LogP contribution is 2.23. The van der Waals surface area contributed by atoms with Gasteiger partial charge in [0.2, 0.25) is 0 Å². The summed E-state index contributed by atoms with van der Waals surface area (Å²) < 4.78 is 25.1. The molecule has 1 amide bonds. The van der Waals surface area contributed by atoms with E-state index in [0.29, 0.717) is 11.5 Å².